The molecule has 1 N–H and O–H groups in total. The molecule has 0 radical (unpaired) electrons. The lowest BCUT2D eigenvalue weighted by atomic mass is 10.1. The molecule has 2 fully saturated rings. The number of fused-ring (bicyclic) bond motifs is 1. The van der Waals surface area contributed by atoms with Gasteiger partial charge in [-0.1, -0.05) is 0 Å². The second-order valence-electron chi connectivity index (χ2n) is 5.29. The Labute approximate surface area is 122 Å². The molecule has 3 aliphatic rings. The minimum atomic E-state index is -0.434. The molecule has 6 nitrogen and oxygen atoms in total. The van der Waals surface area contributed by atoms with Crippen molar-refractivity contribution in [1.29, 1.82) is 0 Å². The topological polar surface area (TPSA) is 60.7 Å². The number of aliphatic hydroxyl groups is 1. The van der Waals surface area contributed by atoms with E-state index in [1.807, 2.05) is 0 Å². The molecule has 0 aromatic heterocycles. The van der Waals surface area contributed by atoms with Crippen LogP contribution in [0.4, 0.5) is 0 Å². The van der Waals surface area contributed by atoms with Crippen LogP contribution in [0.1, 0.15) is 12.8 Å². The number of hydrogen-bond acceptors (Lipinski definition) is 6. The predicted molar refractivity (Wildman–Crippen MR) is 80.5 cm³/mol. The lowest BCUT2D eigenvalue weighted by Gasteiger charge is -2.36. The van der Waals surface area contributed by atoms with E-state index in [1.54, 1.807) is 0 Å². The van der Waals surface area contributed by atoms with Crippen molar-refractivity contribution in [2.75, 3.05) is 52.2 Å². The molecule has 0 aliphatic carbocycles. The van der Waals surface area contributed by atoms with Crippen LogP contribution in [-0.2, 0) is 15.6 Å². The van der Waals surface area contributed by atoms with Crippen molar-refractivity contribution in [1.82, 2.24) is 9.80 Å². The lowest BCUT2D eigenvalue weighted by molar-refractivity contribution is 0.161. The van der Waals surface area contributed by atoms with E-state index in [0.717, 1.165) is 62.9 Å². The van der Waals surface area contributed by atoms with Gasteiger partial charge in [0.05, 0.1) is 18.9 Å². The van der Waals surface area contributed by atoms with Crippen LogP contribution in [0.15, 0.2) is 20.3 Å². The van der Waals surface area contributed by atoms with Crippen LogP contribution in [0.2, 0.25) is 0 Å². The summed E-state index contributed by atoms with van der Waals surface area (Å²) in [7, 11) is 1.71. The number of aliphatic hydroxyl groups excluding tert-OH is 1. The quantitative estimate of drug-likeness (QED) is 0.818. The Balaban J connectivity index is 1.88. The molecule has 3 rings (SSSR count). The van der Waals surface area contributed by atoms with Gasteiger partial charge in [-0.2, -0.15) is 4.36 Å². The number of ether oxygens (including phenoxy) is 1. The first-order valence-corrected chi connectivity index (χ1v) is 8.51. The molecule has 1 unspecified atom stereocenters. The van der Waals surface area contributed by atoms with E-state index in [2.05, 4.69) is 21.2 Å². The molecule has 7 heteroatoms. The second-order valence-corrected chi connectivity index (χ2v) is 6.75. The van der Waals surface area contributed by atoms with E-state index in [9.17, 15) is 0 Å². The zero-order chi connectivity index (χ0) is 13.9. The summed E-state index contributed by atoms with van der Waals surface area (Å²) in [6.07, 6.45) is 1.99. The van der Waals surface area contributed by atoms with E-state index in [0.29, 0.717) is 5.75 Å². The Morgan fingerprint density at radius 3 is 2.85 bits per heavy atom. The fourth-order valence-electron chi connectivity index (χ4n) is 2.57. The van der Waals surface area contributed by atoms with Crippen LogP contribution in [0, 0.1) is 0 Å². The summed E-state index contributed by atoms with van der Waals surface area (Å²) in [5.74, 6) is 2.48. The first-order chi connectivity index (χ1) is 9.78. The molecule has 0 saturated carbocycles. The molecule has 0 aromatic rings. The molecule has 2 saturated heterocycles. The summed E-state index contributed by atoms with van der Waals surface area (Å²) >= 11 is 0. The summed E-state index contributed by atoms with van der Waals surface area (Å²) in [4.78, 5) is 4.64. The van der Waals surface area contributed by atoms with Gasteiger partial charge in [-0.15, -0.1) is 0 Å². The lowest BCUT2D eigenvalue weighted by Crippen LogP contribution is -2.44. The highest BCUT2D eigenvalue weighted by Crippen LogP contribution is 2.27. The van der Waals surface area contributed by atoms with Crippen LogP contribution < -0.4 is 0 Å². The number of allylic oxidation sites excluding steroid dienone is 1. The third kappa shape index (κ3) is 2.89. The third-order valence-corrected chi connectivity index (χ3v) is 5.12. The van der Waals surface area contributed by atoms with E-state index >= 15 is 0 Å². The van der Waals surface area contributed by atoms with Crippen molar-refractivity contribution in [3.8, 4) is 0 Å². The van der Waals surface area contributed by atoms with Gasteiger partial charge in [0.2, 0.25) is 0 Å². The van der Waals surface area contributed by atoms with Crippen molar-refractivity contribution in [3.63, 3.8) is 0 Å². The van der Waals surface area contributed by atoms with Gasteiger partial charge in [-0.25, -0.2) is 4.40 Å². The number of piperazine rings is 1. The third-order valence-electron chi connectivity index (χ3n) is 3.75. The van der Waals surface area contributed by atoms with Gasteiger partial charge in [0, 0.05) is 42.8 Å². The summed E-state index contributed by atoms with van der Waals surface area (Å²) in [5, 5.41) is 9.16. The molecule has 0 spiro atoms. The first-order valence-electron chi connectivity index (χ1n) is 7.20. The summed E-state index contributed by atoms with van der Waals surface area (Å²) < 4.78 is 15.2. The Kier molecular flexibility index (Phi) is 4.38. The largest absolute Gasteiger partial charge is 0.488 e. The Hall–Kier alpha value is -0.920. The molecule has 0 bridgehead atoms. The molecule has 0 amide bonds. The van der Waals surface area contributed by atoms with Gasteiger partial charge in [0.25, 0.3) is 0 Å². The average Bonchev–Trinajstić information content (AvgIpc) is 2.48. The van der Waals surface area contributed by atoms with Gasteiger partial charge in [0.15, 0.2) is 11.6 Å². The predicted octanol–water partition coefficient (Wildman–Crippen LogP) is 0.377. The van der Waals surface area contributed by atoms with Crippen molar-refractivity contribution >= 4 is 16.6 Å². The summed E-state index contributed by atoms with van der Waals surface area (Å²) in [5.41, 5.74) is 1.05. The van der Waals surface area contributed by atoms with Crippen LogP contribution >= 0.6 is 0 Å². The van der Waals surface area contributed by atoms with E-state index in [4.69, 9.17) is 14.2 Å². The second kappa shape index (κ2) is 6.24. The van der Waals surface area contributed by atoms with Crippen LogP contribution in [0.3, 0.4) is 0 Å². The minimum absolute atomic E-state index is 0.135. The van der Waals surface area contributed by atoms with Gasteiger partial charge in [-0.05, 0) is 19.9 Å². The zero-order valence-corrected chi connectivity index (χ0v) is 12.7. The monoisotopic (exact) mass is 298 g/mol. The van der Waals surface area contributed by atoms with Crippen LogP contribution in [-0.4, -0.2) is 72.8 Å². The van der Waals surface area contributed by atoms with Gasteiger partial charge >= 0.3 is 0 Å². The smallest absolute Gasteiger partial charge is 0.184 e. The maximum absolute atomic E-state index is 9.16. The highest BCUT2D eigenvalue weighted by molar-refractivity contribution is 7.86. The highest BCUT2D eigenvalue weighted by Gasteiger charge is 2.28. The fraction of sp³-hybridized carbons (Fsp3) is 0.769. The number of likely N-dealkylation sites (N-methyl/N-ethyl adjacent to an activating group) is 1. The zero-order valence-electron chi connectivity index (χ0n) is 11.9. The van der Waals surface area contributed by atoms with Crippen LogP contribution in [0.5, 0.6) is 0 Å². The fourth-order valence-corrected chi connectivity index (χ4v) is 3.79. The molecule has 112 valence electrons. The van der Waals surface area contributed by atoms with Gasteiger partial charge in [-0.3, -0.25) is 0 Å². The molecular weight excluding hydrogens is 276 g/mol. The SMILES string of the molecule is CN1CCN(C2=C3OCCCC3=NS(CCO)=N2)CC1. The van der Waals surface area contributed by atoms with Crippen molar-refractivity contribution in [2.24, 2.45) is 8.76 Å². The summed E-state index contributed by atoms with van der Waals surface area (Å²) in [6, 6.07) is 0. The van der Waals surface area contributed by atoms with E-state index < -0.39 is 10.9 Å². The normalized spacial score (nSPS) is 27.6. The Morgan fingerprint density at radius 2 is 2.10 bits per heavy atom. The standard InChI is InChI=1S/C13H22N4O2S/c1-16-4-6-17(7-5-16)13-12-11(3-2-9-19-12)14-20(15-13)10-8-18/h18H,2-10H2,1H3. The molecule has 3 aliphatic heterocycles. The maximum Gasteiger partial charge on any atom is 0.184 e. The van der Waals surface area contributed by atoms with Gasteiger partial charge < -0.3 is 19.6 Å². The van der Waals surface area contributed by atoms with Crippen molar-refractivity contribution < 1.29 is 9.84 Å². The average molecular weight is 298 g/mol. The van der Waals surface area contributed by atoms with Crippen molar-refractivity contribution in [3.05, 3.63) is 11.6 Å². The number of nitrogens with zero attached hydrogens (tertiary/aromatic N) is 4. The molecule has 1 atom stereocenters. The molecule has 20 heavy (non-hydrogen) atoms. The molecular formula is C13H22N4O2S. The summed E-state index contributed by atoms with van der Waals surface area (Å²) in [6.45, 7) is 4.95. The number of hydrogen-bond donors (Lipinski definition) is 1. The maximum atomic E-state index is 9.16. The Morgan fingerprint density at radius 1 is 1.30 bits per heavy atom. The highest BCUT2D eigenvalue weighted by atomic mass is 32.2. The Bertz CT molecular complexity index is 467. The number of rotatable bonds is 3. The molecule has 3 heterocycles. The van der Waals surface area contributed by atoms with Crippen molar-refractivity contribution in [2.45, 2.75) is 12.8 Å². The minimum Gasteiger partial charge on any atom is -0.488 e. The van der Waals surface area contributed by atoms with Crippen LogP contribution in [0.25, 0.3) is 0 Å². The molecule has 0 aromatic carbocycles. The van der Waals surface area contributed by atoms with E-state index in [1.165, 1.54) is 0 Å². The van der Waals surface area contributed by atoms with E-state index in [-0.39, 0.29) is 6.61 Å². The first kappa shape index (κ1) is 14.0. The van der Waals surface area contributed by atoms with Gasteiger partial charge in [0.1, 0.15) is 0 Å².